The highest BCUT2D eigenvalue weighted by molar-refractivity contribution is 9.10. The predicted octanol–water partition coefficient (Wildman–Crippen LogP) is 3.73. The van der Waals surface area contributed by atoms with Crippen LogP contribution in [0.15, 0.2) is 22.7 Å². The van der Waals surface area contributed by atoms with Crippen molar-refractivity contribution < 1.29 is 0 Å². The highest BCUT2D eigenvalue weighted by Gasteiger charge is 2.20. The lowest BCUT2D eigenvalue weighted by Gasteiger charge is -2.35. The summed E-state index contributed by atoms with van der Waals surface area (Å²) in [6, 6.07) is 7.25. The van der Waals surface area contributed by atoms with E-state index in [1.807, 2.05) is 0 Å². The molecule has 0 saturated carbocycles. The number of hydrogen-bond acceptors (Lipinski definition) is 2. The highest BCUT2D eigenvalue weighted by atomic mass is 79.9. The van der Waals surface area contributed by atoms with Gasteiger partial charge in [-0.2, -0.15) is 0 Å². The predicted molar refractivity (Wildman–Crippen MR) is 82.4 cm³/mol. The Bertz CT molecular complexity index is 392. The fourth-order valence-electron chi connectivity index (χ4n) is 2.58. The van der Waals surface area contributed by atoms with E-state index in [0.717, 1.165) is 13.1 Å². The lowest BCUT2D eigenvalue weighted by Crippen LogP contribution is -2.46. The lowest BCUT2D eigenvalue weighted by atomic mass is 10.0. The van der Waals surface area contributed by atoms with E-state index in [2.05, 4.69) is 58.2 Å². The normalized spacial score (nSPS) is 20.2. The standard InChI is InChI=1S/C15H23BrN2/c1-3-8-17-13-5-4-9-18(11-13)15-10-12(2)6-7-14(15)16/h6-7,10,13,17H,3-5,8-9,11H2,1-2H3. The molecule has 0 amide bonds. The number of anilines is 1. The Labute approximate surface area is 119 Å². The van der Waals surface area contributed by atoms with E-state index < -0.39 is 0 Å². The van der Waals surface area contributed by atoms with Crippen LogP contribution in [-0.2, 0) is 0 Å². The van der Waals surface area contributed by atoms with Gasteiger partial charge in [0.2, 0.25) is 0 Å². The zero-order chi connectivity index (χ0) is 13.0. The Morgan fingerprint density at radius 1 is 1.44 bits per heavy atom. The monoisotopic (exact) mass is 310 g/mol. The summed E-state index contributed by atoms with van der Waals surface area (Å²) < 4.78 is 1.21. The van der Waals surface area contributed by atoms with Gasteiger partial charge in [0, 0.05) is 23.6 Å². The maximum absolute atomic E-state index is 3.68. The van der Waals surface area contributed by atoms with Gasteiger partial charge in [0.15, 0.2) is 0 Å². The van der Waals surface area contributed by atoms with E-state index in [1.54, 1.807) is 0 Å². The van der Waals surface area contributed by atoms with Crippen LogP contribution in [0.5, 0.6) is 0 Å². The van der Waals surface area contributed by atoms with E-state index >= 15 is 0 Å². The van der Waals surface area contributed by atoms with Crippen LogP contribution in [-0.4, -0.2) is 25.7 Å². The summed E-state index contributed by atoms with van der Waals surface area (Å²) in [4.78, 5) is 2.51. The molecule has 1 atom stereocenters. The van der Waals surface area contributed by atoms with E-state index in [1.165, 1.54) is 41.5 Å². The first-order valence-electron chi connectivity index (χ1n) is 6.95. The van der Waals surface area contributed by atoms with E-state index in [4.69, 9.17) is 0 Å². The van der Waals surface area contributed by atoms with Crippen LogP contribution in [0.3, 0.4) is 0 Å². The molecule has 0 radical (unpaired) electrons. The van der Waals surface area contributed by atoms with Crippen molar-refractivity contribution in [1.29, 1.82) is 0 Å². The van der Waals surface area contributed by atoms with Crippen LogP contribution < -0.4 is 10.2 Å². The van der Waals surface area contributed by atoms with Gasteiger partial charge in [-0.1, -0.05) is 13.0 Å². The Morgan fingerprint density at radius 3 is 3.06 bits per heavy atom. The molecular formula is C15H23BrN2. The van der Waals surface area contributed by atoms with E-state index in [9.17, 15) is 0 Å². The first kappa shape index (κ1) is 13.9. The zero-order valence-electron chi connectivity index (χ0n) is 11.4. The molecule has 1 aromatic carbocycles. The molecule has 2 nitrogen and oxygen atoms in total. The zero-order valence-corrected chi connectivity index (χ0v) is 13.0. The van der Waals surface area contributed by atoms with Crippen molar-refractivity contribution in [1.82, 2.24) is 5.32 Å². The summed E-state index contributed by atoms with van der Waals surface area (Å²) in [5.41, 5.74) is 2.68. The van der Waals surface area contributed by atoms with Crippen LogP contribution in [0.1, 0.15) is 31.7 Å². The average Bonchev–Trinajstić information content (AvgIpc) is 2.39. The van der Waals surface area contributed by atoms with Crippen LogP contribution in [0.25, 0.3) is 0 Å². The molecule has 1 N–H and O–H groups in total. The largest absolute Gasteiger partial charge is 0.369 e. The van der Waals surface area contributed by atoms with Crippen LogP contribution in [0.2, 0.25) is 0 Å². The van der Waals surface area contributed by atoms with Gasteiger partial charge in [0.05, 0.1) is 5.69 Å². The summed E-state index contributed by atoms with van der Waals surface area (Å²) in [6.07, 6.45) is 3.80. The third kappa shape index (κ3) is 3.48. The fourth-order valence-corrected chi connectivity index (χ4v) is 3.07. The second kappa shape index (κ2) is 6.58. The number of hydrogen-bond donors (Lipinski definition) is 1. The lowest BCUT2D eigenvalue weighted by molar-refractivity contribution is 0.423. The smallest absolute Gasteiger partial charge is 0.0513 e. The molecule has 2 rings (SSSR count). The fraction of sp³-hybridized carbons (Fsp3) is 0.600. The van der Waals surface area contributed by atoms with Crippen LogP contribution in [0, 0.1) is 6.92 Å². The van der Waals surface area contributed by atoms with E-state index in [0.29, 0.717) is 6.04 Å². The molecule has 1 aromatic rings. The third-order valence-electron chi connectivity index (χ3n) is 3.55. The number of nitrogens with zero attached hydrogens (tertiary/aromatic N) is 1. The van der Waals surface area contributed by atoms with E-state index in [-0.39, 0.29) is 0 Å². The van der Waals surface area contributed by atoms with Crippen molar-refractivity contribution in [2.75, 3.05) is 24.5 Å². The van der Waals surface area contributed by atoms with Crippen molar-refractivity contribution in [3.63, 3.8) is 0 Å². The Balaban J connectivity index is 2.05. The van der Waals surface area contributed by atoms with Gasteiger partial charge in [-0.15, -0.1) is 0 Å². The summed E-state index contributed by atoms with van der Waals surface area (Å²) in [5.74, 6) is 0. The molecule has 0 aliphatic carbocycles. The summed E-state index contributed by atoms with van der Waals surface area (Å²) in [5, 5.41) is 3.65. The first-order valence-corrected chi connectivity index (χ1v) is 7.74. The quantitative estimate of drug-likeness (QED) is 0.911. The molecule has 18 heavy (non-hydrogen) atoms. The second-order valence-corrected chi connectivity index (χ2v) is 6.05. The minimum atomic E-state index is 0.645. The Kier molecular flexibility index (Phi) is 5.07. The summed E-state index contributed by atoms with van der Waals surface area (Å²) in [6.45, 7) is 7.82. The molecule has 100 valence electrons. The molecular weight excluding hydrogens is 288 g/mol. The van der Waals surface area contributed by atoms with Gasteiger partial charge in [-0.05, 0) is 66.4 Å². The Hall–Kier alpha value is -0.540. The SMILES string of the molecule is CCCNC1CCCN(c2cc(C)ccc2Br)C1. The first-order chi connectivity index (χ1) is 8.70. The molecule has 0 bridgehead atoms. The summed E-state index contributed by atoms with van der Waals surface area (Å²) in [7, 11) is 0. The van der Waals surface area contributed by atoms with Gasteiger partial charge in [0.1, 0.15) is 0 Å². The van der Waals surface area contributed by atoms with Crippen molar-refractivity contribution >= 4 is 21.6 Å². The van der Waals surface area contributed by atoms with Crippen molar-refractivity contribution in [3.05, 3.63) is 28.2 Å². The van der Waals surface area contributed by atoms with Crippen molar-refractivity contribution in [2.45, 2.75) is 39.2 Å². The molecule has 1 aliphatic rings. The number of nitrogens with one attached hydrogen (secondary N) is 1. The Morgan fingerprint density at radius 2 is 2.28 bits per heavy atom. The molecule has 1 unspecified atom stereocenters. The topological polar surface area (TPSA) is 15.3 Å². The van der Waals surface area contributed by atoms with Crippen LogP contribution >= 0.6 is 15.9 Å². The van der Waals surface area contributed by atoms with Gasteiger partial charge < -0.3 is 10.2 Å². The molecule has 0 aromatic heterocycles. The summed E-state index contributed by atoms with van der Waals surface area (Å²) >= 11 is 3.68. The number of piperidine rings is 1. The van der Waals surface area contributed by atoms with Crippen molar-refractivity contribution in [3.8, 4) is 0 Å². The van der Waals surface area contributed by atoms with Gasteiger partial charge >= 0.3 is 0 Å². The van der Waals surface area contributed by atoms with Gasteiger partial charge in [-0.3, -0.25) is 0 Å². The maximum atomic E-state index is 3.68. The van der Waals surface area contributed by atoms with Gasteiger partial charge in [-0.25, -0.2) is 0 Å². The molecule has 1 aliphatic heterocycles. The highest BCUT2D eigenvalue weighted by Crippen LogP contribution is 2.29. The number of halogens is 1. The number of benzene rings is 1. The van der Waals surface area contributed by atoms with Gasteiger partial charge in [0.25, 0.3) is 0 Å². The molecule has 1 fully saturated rings. The molecule has 3 heteroatoms. The average molecular weight is 311 g/mol. The van der Waals surface area contributed by atoms with Crippen LogP contribution in [0.4, 0.5) is 5.69 Å². The number of aryl methyl sites for hydroxylation is 1. The molecule has 1 heterocycles. The third-order valence-corrected chi connectivity index (χ3v) is 4.22. The minimum Gasteiger partial charge on any atom is -0.369 e. The molecule has 0 spiro atoms. The second-order valence-electron chi connectivity index (χ2n) is 5.19. The molecule has 1 saturated heterocycles. The maximum Gasteiger partial charge on any atom is 0.0513 e. The van der Waals surface area contributed by atoms with Crippen molar-refractivity contribution in [2.24, 2.45) is 0 Å². The minimum absolute atomic E-state index is 0.645. The number of rotatable bonds is 4.